The highest BCUT2D eigenvalue weighted by atomic mass is 19.4. The Balaban J connectivity index is 1.57. The fourth-order valence-corrected chi connectivity index (χ4v) is 3.38. The number of benzene rings is 1. The van der Waals surface area contributed by atoms with Crippen molar-refractivity contribution in [3.8, 4) is 6.19 Å². The minimum absolute atomic E-state index is 0.0170. The Hall–Kier alpha value is -2.43. The summed E-state index contributed by atoms with van der Waals surface area (Å²) in [5, 5.41) is 14.4. The van der Waals surface area contributed by atoms with E-state index in [2.05, 4.69) is 16.8 Å². The molecule has 1 aromatic rings. The van der Waals surface area contributed by atoms with Crippen molar-refractivity contribution in [2.45, 2.75) is 43.6 Å². The van der Waals surface area contributed by atoms with Gasteiger partial charge in [-0.05, 0) is 43.5 Å². The molecule has 122 valence electrons. The van der Waals surface area contributed by atoms with Crippen molar-refractivity contribution in [3.63, 3.8) is 0 Å². The quantitative estimate of drug-likeness (QED) is 0.822. The van der Waals surface area contributed by atoms with Gasteiger partial charge in [-0.15, -0.1) is 0 Å². The Bertz CT molecular complexity index is 638. The Morgan fingerprint density at radius 1 is 1.26 bits per heavy atom. The van der Waals surface area contributed by atoms with Gasteiger partial charge in [-0.1, -0.05) is 0 Å². The molecule has 2 heterocycles. The fourth-order valence-electron chi connectivity index (χ4n) is 3.38. The summed E-state index contributed by atoms with van der Waals surface area (Å²) in [6, 6.07) is 3.89. The third-order valence-electron chi connectivity index (χ3n) is 4.44. The van der Waals surface area contributed by atoms with E-state index >= 15 is 0 Å². The second kappa shape index (κ2) is 5.65. The summed E-state index contributed by atoms with van der Waals surface area (Å²) in [7, 11) is 0. The van der Waals surface area contributed by atoms with Gasteiger partial charge in [0.2, 0.25) is 0 Å². The zero-order valence-electron chi connectivity index (χ0n) is 12.1. The molecule has 2 saturated heterocycles. The molecule has 1 aromatic carbocycles. The number of alkyl halides is 3. The summed E-state index contributed by atoms with van der Waals surface area (Å²) in [4.78, 5) is 13.7. The summed E-state index contributed by atoms with van der Waals surface area (Å²) in [5.74, 6) is 0. The zero-order chi connectivity index (χ0) is 16.6. The SMILES string of the molecule is N#CN1C2CCC1C(NC(=O)Nc1ccc(C(F)(F)F)cc1)C2. The van der Waals surface area contributed by atoms with E-state index < -0.39 is 17.8 Å². The molecule has 23 heavy (non-hydrogen) atoms. The molecule has 8 heteroatoms. The number of carbonyl (C=O) groups is 1. The van der Waals surface area contributed by atoms with Crippen molar-refractivity contribution < 1.29 is 18.0 Å². The summed E-state index contributed by atoms with van der Waals surface area (Å²) in [6.45, 7) is 0. The summed E-state index contributed by atoms with van der Waals surface area (Å²) < 4.78 is 37.4. The first-order valence-corrected chi connectivity index (χ1v) is 7.31. The highest BCUT2D eigenvalue weighted by Gasteiger charge is 2.46. The van der Waals surface area contributed by atoms with Gasteiger partial charge in [-0.2, -0.15) is 18.4 Å². The van der Waals surface area contributed by atoms with E-state index in [-0.39, 0.29) is 23.8 Å². The first-order chi connectivity index (χ1) is 10.9. The van der Waals surface area contributed by atoms with Crippen LogP contribution in [-0.4, -0.2) is 29.1 Å². The molecule has 5 nitrogen and oxygen atoms in total. The van der Waals surface area contributed by atoms with Gasteiger partial charge in [0.15, 0.2) is 6.19 Å². The summed E-state index contributed by atoms with van der Waals surface area (Å²) in [6.07, 6.45) is 0.297. The molecular weight excluding hydrogens is 309 g/mol. The lowest BCUT2D eigenvalue weighted by molar-refractivity contribution is -0.137. The number of fused-ring (bicyclic) bond motifs is 2. The minimum Gasteiger partial charge on any atom is -0.333 e. The number of nitrogens with one attached hydrogen (secondary N) is 2. The smallest absolute Gasteiger partial charge is 0.333 e. The van der Waals surface area contributed by atoms with Crippen LogP contribution in [0.25, 0.3) is 0 Å². The normalized spacial score (nSPS) is 26.0. The largest absolute Gasteiger partial charge is 0.416 e. The lowest BCUT2D eigenvalue weighted by Gasteiger charge is -2.22. The molecule has 2 N–H and O–H groups in total. The van der Waals surface area contributed by atoms with Crippen molar-refractivity contribution >= 4 is 11.7 Å². The van der Waals surface area contributed by atoms with Crippen molar-refractivity contribution in [2.75, 3.05) is 5.32 Å². The van der Waals surface area contributed by atoms with Crippen molar-refractivity contribution in [2.24, 2.45) is 0 Å². The minimum atomic E-state index is -4.40. The number of nitriles is 1. The number of carbonyl (C=O) groups excluding carboxylic acids is 1. The van der Waals surface area contributed by atoms with Crippen LogP contribution in [0.4, 0.5) is 23.7 Å². The first kappa shape index (κ1) is 15.5. The van der Waals surface area contributed by atoms with Gasteiger partial charge < -0.3 is 15.5 Å². The van der Waals surface area contributed by atoms with Crippen LogP contribution >= 0.6 is 0 Å². The van der Waals surface area contributed by atoms with Gasteiger partial charge in [0, 0.05) is 11.7 Å². The standard InChI is InChI=1S/C15H15F3N4O/c16-15(17,18)9-1-3-10(4-2-9)20-14(23)21-12-7-11-5-6-13(12)22(11)8-19/h1-4,11-13H,5-7H2,(H2,20,21,23). The Kier molecular flexibility index (Phi) is 3.80. The fraction of sp³-hybridized carbons (Fsp3) is 0.467. The highest BCUT2D eigenvalue weighted by Crippen LogP contribution is 2.37. The predicted molar refractivity (Wildman–Crippen MR) is 76.3 cm³/mol. The summed E-state index contributed by atoms with van der Waals surface area (Å²) >= 11 is 0. The zero-order valence-corrected chi connectivity index (χ0v) is 12.1. The summed E-state index contributed by atoms with van der Waals surface area (Å²) in [5.41, 5.74) is -0.475. The van der Waals surface area contributed by atoms with Crippen LogP contribution in [0.15, 0.2) is 24.3 Å². The average molecular weight is 324 g/mol. The number of urea groups is 1. The maximum atomic E-state index is 12.5. The van der Waals surface area contributed by atoms with Crippen LogP contribution in [-0.2, 0) is 6.18 Å². The number of hydrogen-bond acceptors (Lipinski definition) is 3. The highest BCUT2D eigenvalue weighted by molar-refractivity contribution is 5.89. The lowest BCUT2D eigenvalue weighted by Crippen LogP contribution is -2.44. The van der Waals surface area contributed by atoms with Crippen molar-refractivity contribution in [1.29, 1.82) is 5.26 Å². The maximum Gasteiger partial charge on any atom is 0.416 e. The van der Waals surface area contributed by atoms with E-state index in [1.807, 2.05) is 0 Å². The van der Waals surface area contributed by atoms with Gasteiger partial charge >= 0.3 is 12.2 Å². The Morgan fingerprint density at radius 2 is 1.96 bits per heavy atom. The molecule has 0 saturated carbocycles. The molecule has 2 aliphatic heterocycles. The van der Waals surface area contributed by atoms with Gasteiger partial charge in [0.05, 0.1) is 17.6 Å². The molecule has 2 aliphatic rings. The number of hydrogen-bond donors (Lipinski definition) is 2. The van der Waals surface area contributed by atoms with Gasteiger partial charge in [0.25, 0.3) is 0 Å². The van der Waals surface area contributed by atoms with E-state index in [9.17, 15) is 18.0 Å². The molecule has 3 unspecified atom stereocenters. The van der Waals surface area contributed by atoms with Gasteiger partial charge in [0.1, 0.15) is 0 Å². The molecule has 0 radical (unpaired) electrons. The Labute approximate surface area is 131 Å². The molecule has 2 fully saturated rings. The molecule has 2 amide bonds. The molecule has 0 aliphatic carbocycles. The molecular formula is C15H15F3N4O. The van der Waals surface area contributed by atoms with Crippen LogP contribution in [0.1, 0.15) is 24.8 Å². The third-order valence-corrected chi connectivity index (χ3v) is 4.44. The van der Waals surface area contributed by atoms with Crippen molar-refractivity contribution in [3.05, 3.63) is 29.8 Å². The van der Waals surface area contributed by atoms with E-state index in [1.54, 1.807) is 4.90 Å². The molecule has 0 spiro atoms. The third kappa shape index (κ3) is 3.04. The lowest BCUT2D eigenvalue weighted by atomic mass is 9.96. The van der Waals surface area contributed by atoms with E-state index in [0.717, 1.165) is 31.4 Å². The van der Waals surface area contributed by atoms with Crippen LogP contribution in [0.2, 0.25) is 0 Å². The maximum absolute atomic E-state index is 12.5. The van der Waals surface area contributed by atoms with Crippen LogP contribution in [0.5, 0.6) is 0 Å². The number of halogens is 3. The molecule has 0 aromatic heterocycles. The van der Waals surface area contributed by atoms with E-state index in [1.165, 1.54) is 12.1 Å². The van der Waals surface area contributed by atoms with Crippen LogP contribution in [0, 0.1) is 11.5 Å². The van der Waals surface area contributed by atoms with Gasteiger partial charge in [-0.25, -0.2) is 4.79 Å². The first-order valence-electron chi connectivity index (χ1n) is 7.31. The monoisotopic (exact) mass is 324 g/mol. The average Bonchev–Trinajstić information content (AvgIpc) is 3.03. The van der Waals surface area contributed by atoms with E-state index in [0.29, 0.717) is 0 Å². The number of nitrogens with zero attached hydrogens (tertiary/aromatic N) is 2. The van der Waals surface area contributed by atoms with Gasteiger partial charge in [-0.3, -0.25) is 0 Å². The number of amides is 2. The molecule has 2 bridgehead atoms. The Morgan fingerprint density at radius 3 is 2.52 bits per heavy atom. The number of rotatable bonds is 2. The second-order valence-corrected chi connectivity index (χ2v) is 5.82. The predicted octanol–water partition coefficient (Wildman–Crippen LogP) is 2.91. The number of anilines is 1. The van der Waals surface area contributed by atoms with Crippen LogP contribution < -0.4 is 10.6 Å². The molecule has 3 atom stereocenters. The topological polar surface area (TPSA) is 68.2 Å². The van der Waals surface area contributed by atoms with Crippen molar-refractivity contribution in [1.82, 2.24) is 10.2 Å². The van der Waals surface area contributed by atoms with E-state index in [4.69, 9.17) is 5.26 Å². The second-order valence-electron chi connectivity index (χ2n) is 5.82. The van der Waals surface area contributed by atoms with Crippen LogP contribution in [0.3, 0.4) is 0 Å². The molecule has 3 rings (SSSR count).